The van der Waals surface area contributed by atoms with Crippen molar-refractivity contribution in [3.05, 3.63) is 76.8 Å². The quantitative estimate of drug-likeness (QED) is 0.372. The number of carbonyl (C=O) groups is 1. The lowest BCUT2D eigenvalue weighted by atomic mass is 9.84. The first-order valence-electron chi connectivity index (χ1n) is 11.1. The number of carboxylic acids is 1. The standard InChI is InChI=1S/C26H25N3O2S/c1-17-23(20-10-6-3-7-11-20)28-29(26-27-22(16-32-26)25(30)31)24(17)21-14-12-19(13-15-21)18-8-4-2-5-9-18/h3,6-7,10-16,18H,2,4-5,8-9H2,1H3,(H,30,31). The molecule has 2 aromatic carbocycles. The van der Waals surface area contributed by atoms with Crippen molar-refractivity contribution in [2.45, 2.75) is 44.9 Å². The van der Waals surface area contributed by atoms with Gasteiger partial charge in [-0.25, -0.2) is 14.5 Å². The van der Waals surface area contributed by atoms with Crippen molar-refractivity contribution in [3.63, 3.8) is 0 Å². The van der Waals surface area contributed by atoms with Crippen LogP contribution in [0.5, 0.6) is 0 Å². The van der Waals surface area contributed by atoms with E-state index in [0.717, 1.165) is 28.1 Å². The van der Waals surface area contributed by atoms with Crippen LogP contribution < -0.4 is 0 Å². The predicted octanol–water partition coefficient (Wildman–Crippen LogP) is 6.72. The zero-order valence-electron chi connectivity index (χ0n) is 18.0. The van der Waals surface area contributed by atoms with Crippen molar-refractivity contribution in [1.82, 2.24) is 14.8 Å². The number of benzene rings is 2. The maximum atomic E-state index is 11.4. The van der Waals surface area contributed by atoms with Crippen LogP contribution in [0.1, 0.15) is 59.6 Å². The number of aromatic nitrogens is 3. The van der Waals surface area contributed by atoms with E-state index in [4.69, 9.17) is 5.10 Å². The van der Waals surface area contributed by atoms with E-state index in [1.54, 1.807) is 10.1 Å². The Bertz CT molecular complexity index is 1240. The topological polar surface area (TPSA) is 68.0 Å². The lowest BCUT2D eigenvalue weighted by Crippen LogP contribution is -2.04. The van der Waals surface area contributed by atoms with Gasteiger partial charge < -0.3 is 5.11 Å². The van der Waals surface area contributed by atoms with Crippen molar-refractivity contribution < 1.29 is 9.90 Å². The molecule has 5 rings (SSSR count). The van der Waals surface area contributed by atoms with Crippen LogP contribution >= 0.6 is 11.3 Å². The normalized spacial score (nSPS) is 14.5. The van der Waals surface area contributed by atoms with Crippen molar-refractivity contribution in [1.29, 1.82) is 0 Å². The van der Waals surface area contributed by atoms with Gasteiger partial charge >= 0.3 is 5.97 Å². The van der Waals surface area contributed by atoms with E-state index in [9.17, 15) is 9.90 Å². The Labute approximate surface area is 191 Å². The molecule has 1 N–H and O–H groups in total. The first-order chi connectivity index (χ1) is 15.6. The van der Waals surface area contributed by atoms with Gasteiger partial charge in [0.25, 0.3) is 0 Å². The summed E-state index contributed by atoms with van der Waals surface area (Å²) in [7, 11) is 0. The van der Waals surface area contributed by atoms with Crippen LogP contribution in [0.25, 0.3) is 27.6 Å². The number of carboxylic acid groups (broad SMARTS) is 1. The maximum absolute atomic E-state index is 11.4. The molecular weight excluding hydrogens is 418 g/mol. The molecule has 1 aliphatic carbocycles. The summed E-state index contributed by atoms with van der Waals surface area (Å²) in [5.74, 6) is -0.376. The van der Waals surface area contributed by atoms with Crippen LogP contribution in [0, 0.1) is 6.92 Å². The molecule has 6 heteroatoms. The second-order valence-corrected chi connectivity index (χ2v) is 9.21. The highest BCUT2D eigenvalue weighted by Gasteiger charge is 2.22. The number of aromatic carboxylic acids is 1. The molecule has 0 amide bonds. The summed E-state index contributed by atoms with van der Waals surface area (Å²) in [5.41, 5.74) is 6.41. The molecule has 5 nitrogen and oxygen atoms in total. The second kappa shape index (κ2) is 8.71. The Morgan fingerprint density at radius 3 is 2.38 bits per heavy atom. The van der Waals surface area contributed by atoms with Crippen LogP contribution in [0.15, 0.2) is 60.0 Å². The van der Waals surface area contributed by atoms with Crippen LogP contribution in [0.2, 0.25) is 0 Å². The molecule has 2 heterocycles. The number of nitrogens with zero attached hydrogens (tertiary/aromatic N) is 3. The number of hydrogen-bond acceptors (Lipinski definition) is 4. The Balaban J connectivity index is 1.61. The van der Waals surface area contributed by atoms with Gasteiger partial charge in [0.15, 0.2) is 5.69 Å². The summed E-state index contributed by atoms with van der Waals surface area (Å²) in [5, 5.41) is 16.3. The van der Waals surface area contributed by atoms with Gasteiger partial charge in [-0.05, 0) is 31.2 Å². The summed E-state index contributed by atoms with van der Waals surface area (Å²) in [6.07, 6.45) is 6.52. The van der Waals surface area contributed by atoms with E-state index < -0.39 is 5.97 Å². The Morgan fingerprint density at radius 2 is 1.72 bits per heavy atom. The minimum atomic E-state index is -1.03. The molecule has 0 atom stereocenters. The van der Waals surface area contributed by atoms with E-state index in [0.29, 0.717) is 11.0 Å². The van der Waals surface area contributed by atoms with Gasteiger partial charge in [0, 0.05) is 22.1 Å². The van der Waals surface area contributed by atoms with Gasteiger partial charge in [0.05, 0.1) is 11.4 Å². The largest absolute Gasteiger partial charge is 0.476 e. The minimum Gasteiger partial charge on any atom is -0.476 e. The lowest BCUT2D eigenvalue weighted by molar-refractivity contribution is 0.0691. The first kappa shape index (κ1) is 20.6. The van der Waals surface area contributed by atoms with Gasteiger partial charge in [0.1, 0.15) is 0 Å². The molecule has 0 aliphatic heterocycles. The summed E-state index contributed by atoms with van der Waals surface area (Å²) >= 11 is 1.29. The highest BCUT2D eigenvalue weighted by molar-refractivity contribution is 7.12. The molecule has 2 aromatic heterocycles. The van der Waals surface area contributed by atoms with E-state index >= 15 is 0 Å². The van der Waals surface area contributed by atoms with Gasteiger partial charge in [-0.15, -0.1) is 11.3 Å². The average Bonchev–Trinajstić information content (AvgIpc) is 3.45. The summed E-state index contributed by atoms with van der Waals surface area (Å²) in [6, 6.07) is 18.9. The molecular formula is C26H25N3O2S. The third-order valence-electron chi connectivity index (χ3n) is 6.32. The van der Waals surface area contributed by atoms with E-state index in [2.05, 4.69) is 36.2 Å². The number of hydrogen-bond donors (Lipinski definition) is 1. The summed E-state index contributed by atoms with van der Waals surface area (Å²) in [6.45, 7) is 2.07. The fourth-order valence-corrected chi connectivity index (χ4v) is 5.41. The van der Waals surface area contributed by atoms with Gasteiger partial charge in [0.2, 0.25) is 5.13 Å². The highest BCUT2D eigenvalue weighted by atomic mass is 32.1. The smallest absolute Gasteiger partial charge is 0.355 e. The molecule has 32 heavy (non-hydrogen) atoms. The fraction of sp³-hybridized carbons (Fsp3) is 0.269. The predicted molar refractivity (Wildman–Crippen MR) is 128 cm³/mol. The first-order valence-corrected chi connectivity index (χ1v) is 11.9. The lowest BCUT2D eigenvalue weighted by Gasteiger charge is -2.22. The summed E-state index contributed by atoms with van der Waals surface area (Å²) in [4.78, 5) is 15.7. The molecule has 1 fully saturated rings. The minimum absolute atomic E-state index is 0.0398. The third kappa shape index (κ3) is 3.86. The van der Waals surface area contributed by atoms with Crippen molar-refractivity contribution in [2.24, 2.45) is 0 Å². The van der Waals surface area contributed by atoms with Gasteiger partial charge in [-0.3, -0.25) is 0 Å². The van der Waals surface area contributed by atoms with E-state index in [1.807, 2.05) is 30.3 Å². The molecule has 0 unspecified atom stereocenters. The average molecular weight is 444 g/mol. The maximum Gasteiger partial charge on any atom is 0.355 e. The van der Waals surface area contributed by atoms with E-state index in [-0.39, 0.29) is 5.69 Å². The molecule has 162 valence electrons. The molecule has 0 bridgehead atoms. The van der Waals surface area contributed by atoms with Crippen LogP contribution in [0.3, 0.4) is 0 Å². The molecule has 4 aromatic rings. The highest BCUT2D eigenvalue weighted by Crippen LogP contribution is 2.37. The van der Waals surface area contributed by atoms with Gasteiger partial charge in [-0.2, -0.15) is 5.10 Å². The Hall–Kier alpha value is -3.25. The summed E-state index contributed by atoms with van der Waals surface area (Å²) < 4.78 is 1.80. The van der Waals surface area contributed by atoms with Crippen molar-refractivity contribution >= 4 is 17.3 Å². The molecule has 0 saturated heterocycles. The van der Waals surface area contributed by atoms with Crippen molar-refractivity contribution in [2.75, 3.05) is 0 Å². The second-order valence-electron chi connectivity index (χ2n) is 8.38. The molecule has 1 saturated carbocycles. The zero-order chi connectivity index (χ0) is 22.1. The zero-order valence-corrected chi connectivity index (χ0v) is 18.8. The SMILES string of the molecule is Cc1c(-c2ccccc2)nn(-c2nc(C(=O)O)cs2)c1-c1ccc(C2CCCCC2)cc1. The molecule has 1 aliphatic rings. The molecule has 0 radical (unpaired) electrons. The van der Waals surface area contributed by atoms with Crippen LogP contribution in [-0.2, 0) is 0 Å². The van der Waals surface area contributed by atoms with Crippen molar-refractivity contribution in [3.8, 4) is 27.6 Å². The third-order valence-corrected chi connectivity index (χ3v) is 7.14. The van der Waals surface area contributed by atoms with Crippen LogP contribution in [0.4, 0.5) is 0 Å². The van der Waals surface area contributed by atoms with E-state index in [1.165, 1.54) is 49.0 Å². The fourth-order valence-electron chi connectivity index (χ4n) is 4.65. The Morgan fingerprint density at radius 1 is 1.00 bits per heavy atom. The number of thiazole rings is 1. The Kier molecular flexibility index (Phi) is 5.62. The monoisotopic (exact) mass is 443 g/mol. The van der Waals surface area contributed by atoms with Gasteiger partial charge in [-0.1, -0.05) is 73.9 Å². The van der Waals surface area contributed by atoms with Crippen LogP contribution in [-0.4, -0.2) is 25.8 Å². The molecule has 0 spiro atoms. The number of rotatable bonds is 5.